The topological polar surface area (TPSA) is 69.6 Å². The highest BCUT2D eigenvalue weighted by molar-refractivity contribution is 6.30. The van der Waals surface area contributed by atoms with E-state index in [1.165, 1.54) is 24.3 Å². The lowest BCUT2D eigenvalue weighted by Gasteiger charge is -2.32. The lowest BCUT2D eigenvalue weighted by Crippen LogP contribution is -2.46. The van der Waals surface area contributed by atoms with Crippen LogP contribution in [0.3, 0.4) is 0 Å². The molecule has 0 spiro atoms. The first-order chi connectivity index (χ1) is 11.5. The van der Waals surface area contributed by atoms with Gasteiger partial charge in [0.2, 0.25) is 11.8 Å². The molecule has 5 nitrogen and oxygen atoms in total. The maximum absolute atomic E-state index is 13.2. The Kier molecular flexibility index (Phi) is 6.34. The molecule has 130 valence electrons. The summed E-state index contributed by atoms with van der Waals surface area (Å²) in [6.45, 7) is 4.04. The van der Waals surface area contributed by atoms with Crippen LogP contribution in [0.15, 0.2) is 30.9 Å². The number of likely N-dealkylation sites (tertiary alicyclic amines) is 1. The highest BCUT2D eigenvalue weighted by Crippen LogP contribution is 2.22. The molecule has 24 heavy (non-hydrogen) atoms. The molecule has 0 aliphatic carbocycles. The second-order valence-electron chi connectivity index (χ2n) is 5.74. The minimum Gasteiger partial charge on any atom is -0.394 e. The molecule has 1 aromatic carbocycles. The number of piperidine rings is 1. The molecule has 1 saturated heterocycles. The molecule has 0 saturated carbocycles. The molecule has 1 fully saturated rings. The van der Waals surface area contributed by atoms with Gasteiger partial charge in [0, 0.05) is 13.1 Å². The average molecular weight is 355 g/mol. The van der Waals surface area contributed by atoms with Crippen molar-refractivity contribution < 1.29 is 19.1 Å². The van der Waals surface area contributed by atoms with Gasteiger partial charge in [-0.2, -0.15) is 0 Å². The van der Waals surface area contributed by atoms with Crippen LogP contribution in [-0.2, 0) is 9.59 Å². The van der Waals surface area contributed by atoms with Crippen molar-refractivity contribution in [3.63, 3.8) is 0 Å². The highest BCUT2D eigenvalue weighted by Gasteiger charge is 2.29. The van der Waals surface area contributed by atoms with E-state index in [0.717, 1.165) is 6.42 Å². The lowest BCUT2D eigenvalue weighted by atomic mass is 9.96. The SMILES string of the molecule is C=CC(=O)N1CCC[C@H](C(=O)N[C@H](CO)c2ccc(F)c(Cl)c2)C1. The fourth-order valence-corrected chi connectivity index (χ4v) is 2.96. The first kappa shape index (κ1) is 18.4. The van der Waals surface area contributed by atoms with Crippen molar-refractivity contribution >= 4 is 23.4 Å². The quantitative estimate of drug-likeness (QED) is 0.795. The summed E-state index contributed by atoms with van der Waals surface area (Å²) in [5.41, 5.74) is 0.520. The second-order valence-corrected chi connectivity index (χ2v) is 6.15. The number of hydrogen-bond acceptors (Lipinski definition) is 3. The lowest BCUT2D eigenvalue weighted by molar-refractivity contribution is -0.132. The molecule has 1 aromatic rings. The van der Waals surface area contributed by atoms with Crippen molar-refractivity contribution in [2.24, 2.45) is 5.92 Å². The van der Waals surface area contributed by atoms with Gasteiger partial charge in [-0.15, -0.1) is 0 Å². The Morgan fingerprint density at radius 3 is 2.92 bits per heavy atom. The van der Waals surface area contributed by atoms with Crippen molar-refractivity contribution in [3.05, 3.63) is 47.3 Å². The van der Waals surface area contributed by atoms with Gasteiger partial charge in [-0.25, -0.2) is 4.39 Å². The van der Waals surface area contributed by atoms with E-state index in [-0.39, 0.29) is 29.4 Å². The molecule has 0 radical (unpaired) electrons. The van der Waals surface area contributed by atoms with Crippen molar-refractivity contribution in [2.75, 3.05) is 19.7 Å². The molecule has 0 aromatic heterocycles. The second kappa shape index (κ2) is 8.26. The van der Waals surface area contributed by atoms with Crippen molar-refractivity contribution in [1.82, 2.24) is 10.2 Å². The predicted molar refractivity (Wildman–Crippen MR) is 88.9 cm³/mol. The molecule has 1 heterocycles. The Hall–Kier alpha value is -1.92. The summed E-state index contributed by atoms with van der Waals surface area (Å²) < 4.78 is 13.2. The number of nitrogens with one attached hydrogen (secondary N) is 1. The Labute approximate surface area is 145 Å². The third-order valence-corrected chi connectivity index (χ3v) is 4.41. The molecular weight excluding hydrogens is 335 g/mol. The number of carbonyl (C=O) groups is 2. The maximum atomic E-state index is 13.2. The van der Waals surface area contributed by atoms with Gasteiger partial charge in [-0.05, 0) is 36.6 Å². The fourth-order valence-electron chi connectivity index (χ4n) is 2.77. The van der Waals surface area contributed by atoms with Crippen LogP contribution in [0.1, 0.15) is 24.4 Å². The summed E-state index contributed by atoms with van der Waals surface area (Å²) in [7, 11) is 0. The molecule has 0 unspecified atom stereocenters. The first-order valence-electron chi connectivity index (χ1n) is 7.73. The van der Waals surface area contributed by atoms with E-state index in [4.69, 9.17) is 11.6 Å². The van der Waals surface area contributed by atoms with Crippen molar-refractivity contribution in [3.8, 4) is 0 Å². The van der Waals surface area contributed by atoms with E-state index < -0.39 is 11.9 Å². The van der Waals surface area contributed by atoms with Gasteiger partial charge >= 0.3 is 0 Å². The number of halogens is 2. The Balaban J connectivity index is 2.04. The Morgan fingerprint density at radius 1 is 1.54 bits per heavy atom. The van der Waals surface area contributed by atoms with E-state index >= 15 is 0 Å². The van der Waals surface area contributed by atoms with Crippen LogP contribution >= 0.6 is 11.6 Å². The van der Waals surface area contributed by atoms with Crippen LogP contribution in [-0.4, -0.2) is 41.5 Å². The Morgan fingerprint density at radius 2 is 2.29 bits per heavy atom. The molecular formula is C17H20ClFN2O3. The zero-order valence-electron chi connectivity index (χ0n) is 13.2. The van der Waals surface area contributed by atoms with Gasteiger partial charge in [-0.3, -0.25) is 9.59 Å². The van der Waals surface area contributed by atoms with Crippen LogP contribution in [0, 0.1) is 11.7 Å². The van der Waals surface area contributed by atoms with Crippen molar-refractivity contribution in [1.29, 1.82) is 0 Å². The van der Waals surface area contributed by atoms with Gasteiger partial charge in [0.1, 0.15) is 5.82 Å². The minimum atomic E-state index is -0.680. The van der Waals surface area contributed by atoms with Gasteiger partial charge in [0.25, 0.3) is 0 Å². The minimum absolute atomic E-state index is 0.0689. The smallest absolute Gasteiger partial charge is 0.245 e. The molecule has 2 rings (SSSR count). The number of benzene rings is 1. The zero-order chi connectivity index (χ0) is 17.7. The Bertz CT molecular complexity index is 638. The highest BCUT2D eigenvalue weighted by atomic mass is 35.5. The molecule has 2 N–H and O–H groups in total. The standard InChI is InChI=1S/C17H20ClFN2O3/c1-2-16(23)21-7-3-4-12(9-21)17(24)20-15(10-22)11-5-6-14(19)13(18)8-11/h2,5-6,8,12,15,22H,1,3-4,7,9-10H2,(H,20,24)/t12-,15+/m0/s1. The molecule has 1 aliphatic heterocycles. The number of hydrogen-bond donors (Lipinski definition) is 2. The van der Waals surface area contributed by atoms with Crippen LogP contribution in [0.4, 0.5) is 4.39 Å². The number of carbonyl (C=O) groups excluding carboxylic acids is 2. The normalized spacial score (nSPS) is 18.8. The van der Waals surface area contributed by atoms with Gasteiger partial charge in [0.05, 0.1) is 23.6 Å². The van der Waals surface area contributed by atoms with Crippen molar-refractivity contribution in [2.45, 2.75) is 18.9 Å². The fraction of sp³-hybridized carbons (Fsp3) is 0.412. The average Bonchev–Trinajstić information content (AvgIpc) is 2.61. The molecule has 2 atom stereocenters. The van der Waals surface area contributed by atoms with E-state index in [1.54, 1.807) is 4.90 Å². The van der Waals surface area contributed by atoms with Gasteiger partial charge < -0.3 is 15.3 Å². The third kappa shape index (κ3) is 4.33. The predicted octanol–water partition coefficient (Wildman–Crippen LogP) is 2.05. The van der Waals surface area contributed by atoms with Crippen LogP contribution in [0.25, 0.3) is 0 Å². The van der Waals surface area contributed by atoms with Gasteiger partial charge in [-0.1, -0.05) is 24.2 Å². The molecule has 0 bridgehead atoms. The summed E-state index contributed by atoms with van der Waals surface area (Å²) in [4.78, 5) is 25.7. The molecule has 1 aliphatic rings. The van der Waals surface area contributed by atoms with E-state index in [0.29, 0.717) is 25.1 Å². The molecule has 2 amide bonds. The summed E-state index contributed by atoms with van der Waals surface area (Å²) >= 11 is 5.75. The summed E-state index contributed by atoms with van der Waals surface area (Å²) in [5.74, 6) is -1.37. The third-order valence-electron chi connectivity index (χ3n) is 4.12. The summed E-state index contributed by atoms with van der Waals surface area (Å²) in [6, 6.07) is 3.36. The maximum Gasteiger partial charge on any atom is 0.245 e. The van der Waals surface area contributed by atoms with Crippen LogP contribution < -0.4 is 5.32 Å². The number of aliphatic hydroxyl groups excluding tert-OH is 1. The first-order valence-corrected chi connectivity index (χ1v) is 8.11. The van der Waals surface area contributed by atoms with E-state index in [2.05, 4.69) is 11.9 Å². The monoisotopic (exact) mass is 354 g/mol. The number of aliphatic hydroxyl groups is 1. The van der Waals surface area contributed by atoms with Gasteiger partial charge in [0.15, 0.2) is 0 Å². The number of amides is 2. The summed E-state index contributed by atoms with van der Waals surface area (Å²) in [5, 5.41) is 12.2. The summed E-state index contributed by atoms with van der Waals surface area (Å²) in [6.07, 6.45) is 2.62. The van der Waals surface area contributed by atoms with E-state index in [1.807, 2.05) is 0 Å². The largest absolute Gasteiger partial charge is 0.394 e. The van der Waals surface area contributed by atoms with Crippen LogP contribution in [0.2, 0.25) is 5.02 Å². The number of nitrogens with zero attached hydrogens (tertiary/aromatic N) is 1. The van der Waals surface area contributed by atoms with Crippen LogP contribution in [0.5, 0.6) is 0 Å². The number of rotatable bonds is 5. The zero-order valence-corrected chi connectivity index (χ0v) is 13.9. The van der Waals surface area contributed by atoms with E-state index in [9.17, 15) is 19.1 Å². The molecule has 7 heteroatoms.